The van der Waals surface area contributed by atoms with E-state index in [9.17, 15) is 0 Å². The summed E-state index contributed by atoms with van der Waals surface area (Å²) in [5.41, 5.74) is 1.01. The van der Waals surface area contributed by atoms with E-state index < -0.39 is 0 Å². The van der Waals surface area contributed by atoms with Crippen molar-refractivity contribution in [3.63, 3.8) is 0 Å². The highest BCUT2D eigenvalue weighted by atomic mass is 32.2. The largest absolute Gasteiger partial charge is 0.495 e. The van der Waals surface area contributed by atoms with Crippen molar-refractivity contribution < 1.29 is 4.74 Å². The molecule has 0 aromatic carbocycles. The molecule has 1 aromatic rings. The first-order chi connectivity index (χ1) is 7.83. The fraction of sp³-hybridized carbons (Fsp3) is 0.583. The number of nitrogens with zero attached hydrogens (tertiary/aromatic N) is 1. The Morgan fingerprint density at radius 3 is 3.00 bits per heavy atom. The topological polar surface area (TPSA) is 34.2 Å². The molecule has 0 aliphatic rings. The SMILES string of the molecule is CCNC(CCSC)c1ncccc1OC. The van der Waals surface area contributed by atoms with Crippen molar-refractivity contribution in [2.75, 3.05) is 25.7 Å². The molecular weight excluding hydrogens is 220 g/mol. The zero-order valence-corrected chi connectivity index (χ0v) is 11.0. The number of aromatic nitrogens is 1. The van der Waals surface area contributed by atoms with Gasteiger partial charge in [-0.25, -0.2) is 0 Å². The third kappa shape index (κ3) is 3.68. The van der Waals surface area contributed by atoms with E-state index in [1.807, 2.05) is 30.1 Å². The van der Waals surface area contributed by atoms with E-state index in [1.165, 1.54) is 0 Å². The van der Waals surface area contributed by atoms with Gasteiger partial charge in [-0.15, -0.1) is 0 Å². The van der Waals surface area contributed by atoms with Crippen LogP contribution in [-0.4, -0.2) is 30.6 Å². The average Bonchev–Trinajstić information content (AvgIpc) is 2.34. The lowest BCUT2D eigenvalue weighted by molar-refractivity contribution is 0.393. The Hall–Kier alpha value is -0.740. The van der Waals surface area contributed by atoms with Crippen molar-refractivity contribution in [1.29, 1.82) is 0 Å². The predicted molar refractivity (Wildman–Crippen MR) is 70.2 cm³/mol. The van der Waals surface area contributed by atoms with Gasteiger partial charge in [0.1, 0.15) is 5.75 Å². The Morgan fingerprint density at radius 1 is 1.56 bits per heavy atom. The summed E-state index contributed by atoms with van der Waals surface area (Å²) >= 11 is 1.86. The lowest BCUT2D eigenvalue weighted by atomic mass is 10.1. The Labute approximate surface area is 102 Å². The molecule has 1 rings (SSSR count). The molecule has 4 heteroatoms. The van der Waals surface area contributed by atoms with Crippen LogP contribution in [0.2, 0.25) is 0 Å². The van der Waals surface area contributed by atoms with Gasteiger partial charge in [-0.2, -0.15) is 11.8 Å². The van der Waals surface area contributed by atoms with Gasteiger partial charge in [0.05, 0.1) is 18.8 Å². The lowest BCUT2D eigenvalue weighted by Gasteiger charge is -2.19. The van der Waals surface area contributed by atoms with Crippen molar-refractivity contribution in [2.45, 2.75) is 19.4 Å². The third-order valence-electron chi connectivity index (χ3n) is 2.41. The fourth-order valence-corrected chi connectivity index (χ4v) is 2.13. The summed E-state index contributed by atoms with van der Waals surface area (Å²) in [6.45, 7) is 3.06. The van der Waals surface area contributed by atoms with Crippen LogP contribution in [0, 0.1) is 0 Å². The van der Waals surface area contributed by atoms with E-state index in [0.717, 1.165) is 30.2 Å². The van der Waals surface area contributed by atoms with Crippen LogP contribution in [0.1, 0.15) is 25.1 Å². The number of methoxy groups -OCH3 is 1. The molecule has 90 valence electrons. The monoisotopic (exact) mass is 240 g/mol. The van der Waals surface area contributed by atoms with Gasteiger partial charge in [0.25, 0.3) is 0 Å². The minimum absolute atomic E-state index is 0.286. The normalized spacial score (nSPS) is 12.4. The Balaban J connectivity index is 2.81. The maximum Gasteiger partial charge on any atom is 0.141 e. The van der Waals surface area contributed by atoms with Crippen molar-refractivity contribution in [3.05, 3.63) is 24.0 Å². The molecule has 1 N–H and O–H groups in total. The van der Waals surface area contributed by atoms with E-state index in [1.54, 1.807) is 7.11 Å². The molecule has 1 unspecified atom stereocenters. The van der Waals surface area contributed by atoms with Gasteiger partial charge >= 0.3 is 0 Å². The molecule has 1 aromatic heterocycles. The highest BCUT2D eigenvalue weighted by Gasteiger charge is 2.15. The molecule has 0 radical (unpaired) electrons. The summed E-state index contributed by atoms with van der Waals surface area (Å²) in [7, 11) is 1.69. The molecule has 0 amide bonds. The number of ether oxygens (including phenoxy) is 1. The molecule has 0 aliphatic heterocycles. The summed E-state index contributed by atoms with van der Waals surface area (Å²) < 4.78 is 5.34. The van der Waals surface area contributed by atoms with Crippen LogP contribution in [-0.2, 0) is 0 Å². The lowest BCUT2D eigenvalue weighted by Crippen LogP contribution is -2.23. The second-order valence-electron chi connectivity index (χ2n) is 3.48. The molecule has 1 atom stereocenters. The van der Waals surface area contributed by atoms with Crippen LogP contribution >= 0.6 is 11.8 Å². The molecule has 0 saturated carbocycles. The van der Waals surface area contributed by atoms with Gasteiger partial charge < -0.3 is 10.1 Å². The average molecular weight is 240 g/mol. The van der Waals surface area contributed by atoms with E-state index in [2.05, 4.69) is 23.5 Å². The van der Waals surface area contributed by atoms with Crippen molar-refractivity contribution in [1.82, 2.24) is 10.3 Å². The molecule has 1 heterocycles. The molecule has 0 spiro atoms. The van der Waals surface area contributed by atoms with Crippen molar-refractivity contribution >= 4 is 11.8 Å². The highest BCUT2D eigenvalue weighted by molar-refractivity contribution is 7.98. The second kappa shape index (κ2) is 7.52. The van der Waals surface area contributed by atoms with Crippen molar-refractivity contribution in [2.24, 2.45) is 0 Å². The van der Waals surface area contributed by atoms with Gasteiger partial charge in [-0.3, -0.25) is 4.98 Å². The minimum atomic E-state index is 0.286. The highest BCUT2D eigenvalue weighted by Crippen LogP contribution is 2.25. The summed E-state index contributed by atoms with van der Waals surface area (Å²) in [4.78, 5) is 4.42. The van der Waals surface area contributed by atoms with E-state index in [4.69, 9.17) is 4.74 Å². The van der Waals surface area contributed by atoms with Gasteiger partial charge in [0, 0.05) is 6.20 Å². The van der Waals surface area contributed by atoms with Crippen LogP contribution in [0.4, 0.5) is 0 Å². The Bertz CT molecular complexity index is 307. The number of pyridine rings is 1. The van der Waals surface area contributed by atoms with Gasteiger partial charge in [0.2, 0.25) is 0 Å². The molecule has 0 saturated heterocycles. The van der Waals surface area contributed by atoms with Gasteiger partial charge in [-0.1, -0.05) is 6.92 Å². The zero-order chi connectivity index (χ0) is 11.8. The first-order valence-electron chi connectivity index (χ1n) is 5.54. The maximum absolute atomic E-state index is 5.34. The molecule has 0 bridgehead atoms. The number of hydrogen-bond acceptors (Lipinski definition) is 4. The minimum Gasteiger partial charge on any atom is -0.495 e. The van der Waals surface area contributed by atoms with Crippen LogP contribution in [0.3, 0.4) is 0 Å². The summed E-state index contributed by atoms with van der Waals surface area (Å²) in [5, 5.41) is 3.45. The quantitative estimate of drug-likeness (QED) is 0.794. The number of hydrogen-bond donors (Lipinski definition) is 1. The molecule has 0 aliphatic carbocycles. The first-order valence-corrected chi connectivity index (χ1v) is 6.94. The molecule has 16 heavy (non-hydrogen) atoms. The Kier molecular flexibility index (Phi) is 6.26. The standard InChI is InChI=1S/C12H20N2OS/c1-4-13-10(7-9-16-3)12-11(15-2)6-5-8-14-12/h5-6,8,10,13H,4,7,9H2,1-3H3. The molecule has 3 nitrogen and oxygen atoms in total. The van der Waals surface area contributed by atoms with Crippen LogP contribution < -0.4 is 10.1 Å². The second-order valence-corrected chi connectivity index (χ2v) is 4.47. The van der Waals surface area contributed by atoms with Crippen LogP contribution in [0.5, 0.6) is 5.75 Å². The number of thioether (sulfide) groups is 1. The summed E-state index contributed by atoms with van der Waals surface area (Å²) in [6.07, 6.45) is 5.02. The van der Waals surface area contributed by atoms with Gasteiger partial charge in [-0.05, 0) is 37.1 Å². The van der Waals surface area contributed by atoms with Crippen LogP contribution in [0.25, 0.3) is 0 Å². The van der Waals surface area contributed by atoms with Gasteiger partial charge in [0.15, 0.2) is 0 Å². The smallest absolute Gasteiger partial charge is 0.141 e. The molecule has 0 fully saturated rings. The third-order valence-corrected chi connectivity index (χ3v) is 3.05. The van der Waals surface area contributed by atoms with E-state index in [0.29, 0.717) is 0 Å². The van der Waals surface area contributed by atoms with Crippen molar-refractivity contribution in [3.8, 4) is 5.75 Å². The first kappa shape index (κ1) is 13.3. The van der Waals surface area contributed by atoms with E-state index in [-0.39, 0.29) is 6.04 Å². The van der Waals surface area contributed by atoms with Crippen LogP contribution in [0.15, 0.2) is 18.3 Å². The zero-order valence-electron chi connectivity index (χ0n) is 10.2. The molecular formula is C12H20N2OS. The summed E-state index contributed by atoms with van der Waals surface area (Å²) in [6, 6.07) is 4.15. The fourth-order valence-electron chi connectivity index (χ4n) is 1.65. The number of rotatable bonds is 7. The maximum atomic E-state index is 5.34. The Morgan fingerprint density at radius 2 is 2.38 bits per heavy atom. The van der Waals surface area contributed by atoms with E-state index >= 15 is 0 Å². The summed E-state index contributed by atoms with van der Waals surface area (Å²) in [5.74, 6) is 1.99. The predicted octanol–water partition coefficient (Wildman–Crippen LogP) is 2.49. The number of nitrogens with one attached hydrogen (secondary N) is 1.